The third-order valence-corrected chi connectivity index (χ3v) is 16.6. The number of anilines is 6. The first-order chi connectivity index (χ1) is 35.7. The SMILES string of the molecule is Cc1cc(-c2ccc3c(c2)oc2ccccc23)cc(C)c1N1c2ccc(C(C)(C)C)cc2B2c3cc4c5ccccc5n(-c5ccccc5)c4cc3N(c3c(C)cc(C(C)(C)C)cc3C)c3cc(C(C)(C)C)cc1c32. The van der Waals surface area contributed by atoms with Crippen LogP contribution in [0.15, 0.2) is 168 Å². The Bertz CT molecular complexity index is 4140. The third-order valence-electron chi connectivity index (χ3n) is 16.6. The van der Waals surface area contributed by atoms with Crippen molar-refractivity contribution in [3.05, 3.63) is 203 Å². The number of furan rings is 1. The Morgan fingerprint density at radius 3 is 1.57 bits per heavy atom. The Labute approximate surface area is 443 Å². The number of nitrogens with zero attached hydrogens (tertiary/aromatic N) is 3. The molecule has 0 atom stereocenters. The third kappa shape index (κ3) is 7.25. The maximum absolute atomic E-state index is 6.44. The molecule has 75 heavy (non-hydrogen) atoms. The summed E-state index contributed by atoms with van der Waals surface area (Å²) in [5.41, 5.74) is 27.9. The Morgan fingerprint density at radius 2 is 0.920 bits per heavy atom. The van der Waals surface area contributed by atoms with Crippen molar-refractivity contribution in [3.63, 3.8) is 0 Å². The Kier molecular flexibility index (Phi) is 10.3. The zero-order valence-corrected chi connectivity index (χ0v) is 45.9. The number of fused-ring (bicyclic) bond motifs is 10. The molecule has 0 amide bonds. The van der Waals surface area contributed by atoms with Crippen LogP contribution in [0.2, 0.25) is 0 Å². The molecule has 2 aromatic heterocycles. The fourth-order valence-corrected chi connectivity index (χ4v) is 12.8. The van der Waals surface area contributed by atoms with E-state index in [4.69, 9.17) is 4.42 Å². The maximum atomic E-state index is 6.44. The van der Waals surface area contributed by atoms with Gasteiger partial charge in [-0.15, -0.1) is 0 Å². The Balaban J connectivity index is 1.13. The number of rotatable bonds is 4. The molecular weight excluding hydrogens is 910 g/mol. The lowest BCUT2D eigenvalue weighted by Crippen LogP contribution is -2.61. The molecule has 0 radical (unpaired) electrons. The predicted molar refractivity (Wildman–Crippen MR) is 323 cm³/mol. The van der Waals surface area contributed by atoms with Crippen molar-refractivity contribution in [1.82, 2.24) is 4.57 Å². The molecule has 370 valence electrons. The largest absolute Gasteiger partial charge is 0.456 e. The van der Waals surface area contributed by atoms with E-state index in [0.717, 1.165) is 33.2 Å². The van der Waals surface area contributed by atoms with E-state index in [2.05, 4.69) is 262 Å². The standard InChI is InChI=1S/C70H66BN3O/c1-41-31-46(45-27-29-53-52-24-18-20-26-63(52)75-64(53)35-45)32-42(2)66(41)73-58-30-28-47(68(5,6)7)36-55(58)71-56-39-54-51-23-17-19-25-57(51)72(50-21-15-14-16-22-50)59(54)40-60(56)74(62-38-49(70(11,12)13)37-61(73)65(62)71)67-43(3)33-48(34-44(67)4)69(8,9)10/h14-40H,1-13H3. The minimum Gasteiger partial charge on any atom is -0.456 e. The van der Waals surface area contributed by atoms with Crippen molar-refractivity contribution >= 4 is 101 Å². The van der Waals surface area contributed by atoms with Gasteiger partial charge in [0.15, 0.2) is 0 Å². The lowest BCUT2D eigenvalue weighted by molar-refractivity contribution is 0.589. The van der Waals surface area contributed by atoms with Crippen LogP contribution in [0, 0.1) is 27.7 Å². The number of hydrogen-bond donors (Lipinski definition) is 0. The predicted octanol–water partition coefficient (Wildman–Crippen LogP) is 17.6. The number of benzene rings is 9. The van der Waals surface area contributed by atoms with E-state index in [0.29, 0.717) is 0 Å². The van der Waals surface area contributed by atoms with E-state index in [9.17, 15) is 0 Å². The van der Waals surface area contributed by atoms with Crippen LogP contribution >= 0.6 is 0 Å². The molecule has 2 aliphatic rings. The van der Waals surface area contributed by atoms with Gasteiger partial charge in [0.05, 0.1) is 22.4 Å². The molecule has 9 aromatic carbocycles. The van der Waals surface area contributed by atoms with Crippen molar-refractivity contribution in [2.45, 2.75) is 106 Å². The first-order valence-corrected chi connectivity index (χ1v) is 26.9. The molecule has 0 saturated carbocycles. The van der Waals surface area contributed by atoms with Gasteiger partial charge in [-0.1, -0.05) is 153 Å². The highest BCUT2D eigenvalue weighted by Crippen LogP contribution is 2.51. The normalized spacial score (nSPS) is 13.6. The number of aryl methyl sites for hydroxylation is 4. The molecule has 0 fully saturated rings. The fourth-order valence-electron chi connectivity index (χ4n) is 12.8. The van der Waals surface area contributed by atoms with E-state index < -0.39 is 0 Å². The van der Waals surface area contributed by atoms with Crippen molar-refractivity contribution in [1.29, 1.82) is 0 Å². The molecule has 13 rings (SSSR count). The molecule has 0 aliphatic carbocycles. The molecule has 4 nitrogen and oxygen atoms in total. The van der Waals surface area contributed by atoms with Crippen molar-refractivity contribution in [2.75, 3.05) is 9.80 Å². The molecule has 0 unspecified atom stereocenters. The van der Waals surface area contributed by atoms with E-state index in [1.807, 2.05) is 6.07 Å². The maximum Gasteiger partial charge on any atom is 0.252 e. The van der Waals surface area contributed by atoms with Crippen molar-refractivity contribution < 1.29 is 4.42 Å². The number of aromatic nitrogens is 1. The highest BCUT2D eigenvalue weighted by molar-refractivity contribution is 7.00. The fraction of sp³-hybridized carbons (Fsp3) is 0.229. The molecule has 0 spiro atoms. The zero-order valence-electron chi connectivity index (χ0n) is 45.9. The van der Waals surface area contributed by atoms with Gasteiger partial charge in [0.1, 0.15) is 11.2 Å². The lowest BCUT2D eigenvalue weighted by atomic mass is 9.33. The smallest absolute Gasteiger partial charge is 0.252 e. The summed E-state index contributed by atoms with van der Waals surface area (Å²) in [7, 11) is 0. The summed E-state index contributed by atoms with van der Waals surface area (Å²) in [6, 6.07) is 62.2. The molecule has 0 saturated heterocycles. The van der Waals surface area contributed by atoms with E-state index in [1.54, 1.807) is 0 Å². The topological polar surface area (TPSA) is 24.6 Å². The molecule has 4 heterocycles. The Morgan fingerprint density at radius 1 is 0.373 bits per heavy atom. The van der Waals surface area contributed by atoms with E-state index in [-0.39, 0.29) is 23.0 Å². The van der Waals surface area contributed by atoms with Crippen LogP contribution in [0.5, 0.6) is 0 Å². The van der Waals surface area contributed by atoms with Gasteiger partial charge in [0.25, 0.3) is 6.71 Å². The van der Waals surface area contributed by atoms with Crippen LogP contribution in [0.4, 0.5) is 34.1 Å². The molecule has 2 aliphatic heterocycles. The first-order valence-electron chi connectivity index (χ1n) is 26.9. The van der Waals surface area contributed by atoms with Crippen LogP contribution in [0.3, 0.4) is 0 Å². The van der Waals surface area contributed by atoms with Crippen LogP contribution in [-0.2, 0) is 16.2 Å². The zero-order chi connectivity index (χ0) is 52.2. The second-order valence-corrected chi connectivity index (χ2v) is 24.9. The average Bonchev–Trinajstić information content (AvgIpc) is 3.91. The van der Waals surface area contributed by atoms with Crippen LogP contribution in [0.25, 0.3) is 60.6 Å². The minimum atomic E-state index is -0.165. The monoisotopic (exact) mass is 976 g/mol. The molecule has 11 aromatic rings. The summed E-state index contributed by atoms with van der Waals surface area (Å²) in [5, 5.41) is 4.82. The molecular formula is C70H66BN3O. The molecule has 5 heteroatoms. The average molecular weight is 976 g/mol. The van der Waals surface area contributed by atoms with Gasteiger partial charge in [-0.25, -0.2) is 0 Å². The highest BCUT2D eigenvalue weighted by Gasteiger charge is 2.46. The first kappa shape index (κ1) is 47.0. The summed E-state index contributed by atoms with van der Waals surface area (Å²) in [6.45, 7) is 30.4. The number of para-hydroxylation sites is 3. The van der Waals surface area contributed by atoms with Gasteiger partial charge < -0.3 is 18.8 Å². The van der Waals surface area contributed by atoms with Crippen molar-refractivity contribution in [3.8, 4) is 16.8 Å². The van der Waals surface area contributed by atoms with Crippen molar-refractivity contribution in [2.24, 2.45) is 0 Å². The summed E-state index contributed by atoms with van der Waals surface area (Å²) >= 11 is 0. The summed E-state index contributed by atoms with van der Waals surface area (Å²) < 4.78 is 8.92. The van der Waals surface area contributed by atoms with E-state index in [1.165, 1.54) is 117 Å². The number of hydrogen-bond acceptors (Lipinski definition) is 3. The van der Waals surface area contributed by atoms with Gasteiger partial charge >= 0.3 is 0 Å². The molecule has 0 bridgehead atoms. The van der Waals surface area contributed by atoms with Gasteiger partial charge in [-0.05, 0) is 183 Å². The minimum absolute atomic E-state index is 0.00648. The van der Waals surface area contributed by atoms with Gasteiger partial charge in [0, 0.05) is 50.0 Å². The summed E-state index contributed by atoms with van der Waals surface area (Å²) in [5.74, 6) is 0. The summed E-state index contributed by atoms with van der Waals surface area (Å²) in [6.07, 6.45) is 0. The Hall–Kier alpha value is -7.76. The lowest BCUT2D eigenvalue weighted by Gasteiger charge is -2.46. The molecule has 0 N–H and O–H groups in total. The van der Waals surface area contributed by atoms with Gasteiger partial charge in [-0.2, -0.15) is 0 Å². The van der Waals surface area contributed by atoms with Gasteiger partial charge in [0.2, 0.25) is 0 Å². The summed E-state index contributed by atoms with van der Waals surface area (Å²) in [4.78, 5) is 5.33. The van der Waals surface area contributed by atoms with Gasteiger partial charge in [-0.3, -0.25) is 0 Å². The highest BCUT2D eigenvalue weighted by atomic mass is 16.3. The van der Waals surface area contributed by atoms with Crippen LogP contribution < -0.4 is 26.2 Å². The van der Waals surface area contributed by atoms with E-state index >= 15 is 0 Å². The second kappa shape index (κ2) is 16.4. The quantitative estimate of drug-likeness (QED) is 0.164. The second-order valence-electron chi connectivity index (χ2n) is 24.9. The van der Waals surface area contributed by atoms with Crippen LogP contribution in [-0.4, -0.2) is 11.3 Å². The van der Waals surface area contributed by atoms with Crippen LogP contribution in [0.1, 0.15) is 101 Å².